The summed E-state index contributed by atoms with van der Waals surface area (Å²) in [6.07, 6.45) is 0. The minimum absolute atomic E-state index is 0. The standard InChI is InChI=1S/C11H19Si.2ClH.Zr/c1-9(2)10-6-7-11(8-10)12(3,4)5;;;/h6-9H,1-5H3;2*1H;/q-1;;;+3/p-2. The first-order chi connectivity index (χ1) is 5.41. The zero-order chi connectivity index (χ0) is 9.35. The number of hydrogen-bond acceptors (Lipinski definition) is 0. The van der Waals surface area contributed by atoms with Gasteiger partial charge in [-0.1, -0.05) is 33.5 Å². The van der Waals surface area contributed by atoms with E-state index in [4.69, 9.17) is 0 Å². The van der Waals surface area contributed by atoms with Gasteiger partial charge in [-0.2, -0.15) is 17.7 Å². The average Bonchev–Trinajstić information content (AvgIpc) is 2.30. The topological polar surface area (TPSA) is 0 Å². The van der Waals surface area contributed by atoms with Crippen LogP contribution in [0.15, 0.2) is 18.2 Å². The third kappa shape index (κ3) is 6.36. The molecule has 0 aromatic heterocycles. The second kappa shape index (κ2) is 8.17. The van der Waals surface area contributed by atoms with Crippen molar-refractivity contribution < 1.29 is 51.0 Å². The SMILES string of the molecule is CC(C)c1cc([Si](C)(C)C)c[cH-]1.[Cl-].[Cl-].[Zr+3]. The van der Waals surface area contributed by atoms with Crippen LogP contribution in [0.5, 0.6) is 0 Å². The maximum absolute atomic E-state index is 2.40. The predicted molar refractivity (Wildman–Crippen MR) is 59.1 cm³/mol. The summed E-state index contributed by atoms with van der Waals surface area (Å²) >= 11 is 0. The fourth-order valence-electron chi connectivity index (χ4n) is 1.29. The number of hydrogen-bond donors (Lipinski definition) is 0. The smallest absolute Gasteiger partial charge is 1.00 e. The van der Waals surface area contributed by atoms with Crippen molar-refractivity contribution in [1.29, 1.82) is 0 Å². The second-order valence-corrected chi connectivity index (χ2v) is 9.92. The molecule has 0 bridgehead atoms. The molecule has 0 N–H and O–H groups in total. The molecule has 1 aromatic rings. The van der Waals surface area contributed by atoms with E-state index >= 15 is 0 Å². The normalized spacial score (nSPS) is 10.0. The second-order valence-electron chi connectivity index (χ2n) is 4.84. The van der Waals surface area contributed by atoms with Crippen molar-refractivity contribution in [2.45, 2.75) is 39.4 Å². The monoisotopic (exact) mass is 339 g/mol. The zero-order valence-electron chi connectivity index (χ0n) is 10.1. The van der Waals surface area contributed by atoms with Crippen LogP contribution in [-0.4, -0.2) is 8.07 Å². The Kier molecular flexibility index (Phi) is 11.6. The molecule has 0 heterocycles. The van der Waals surface area contributed by atoms with Gasteiger partial charge in [0.25, 0.3) is 0 Å². The zero-order valence-corrected chi connectivity index (χ0v) is 15.0. The molecule has 0 spiro atoms. The van der Waals surface area contributed by atoms with Gasteiger partial charge in [0.15, 0.2) is 0 Å². The molecule has 1 aromatic carbocycles. The van der Waals surface area contributed by atoms with Gasteiger partial charge in [-0.15, -0.1) is 0 Å². The maximum Gasteiger partial charge on any atom is 3.00 e. The molecule has 0 aliphatic rings. The van der Waals surface area contributed by atoms with Gasteiger partial charge in [-0.25, -0.2) is 11.3 Å². The molecule has 0 aliphatic carbocycles. The Morgan fingerprint density at radius 3 is 1.80 bits per heavy atom. The van der Waals surface area contributed by atoms with Gasteiger partial charge in [0.2, 0.25) is 0 Å². The molecule has 0 saturated carbocycles. The van der Waals surface area contributed by atoms with E-state index < -0.39 is 8.07 Å². The Hall–Kier alpha value is 1.03. The van der Waals surface area contributed by atoms with Crippen molar-refractivity contribution in [3.05, 3.63) is 23.8 Å². The van der Waals surface area contributed by atoms with E-state index in [0.29, 0.717) is 5.92 Å². The van der Waals surface area contributed by atoms with E-state index in [1.54, 1.807) is 5.19 Å². The first-order valence-corrected chi connectivity index (χ1v) is 8.18. The molecular formula is C11H19Cl2SiZr. The number of halogens is 2. The first kappa shape index (κ1) is 21.3. The Balaban J connectivity index is -0.000000480. The van der Waals surface area contributed by atoms with Crippen molar-refractivity contribution in [3.8, 4) is 0 Å². The van der Waals surface area contributed by atoms with Crippen LogP contribution in [0.2, 0.25) is 19.6 Å². The third-order valence-electron chi connectivity index (χ3n) is 2.31. The minimum atomic E-state index is -1.06. The summed E-state index contributed by atoms with van der Waals surface area (Å²) in [5.41, 5.74) is 1.49. The minimum Gasteiger partial charge on any atom is -1.00 e. The predicted octanol–water partition coefficient (Wildman–Crippen LogP) is -2.92. The van der Waals surface area contributed by atoms with Crippen molar-refractivity contribution in [2.75, 3.05) is 0 Å². The van der Waals surface area contributed by atoms with Gasteiger partial charge in [0.05, 0.1) is 0 Å². The summed E-state index contributed by atoms with van der Waals surface area (Å²) in [4.78, 5) is 0. The van der Waals surface area contributed by atoms with Gasteiger partial charge >= 0.3 is 26.2 Å². The van der Waals surface area contributed by atoms with Gasteiger partial charge in [-0.3, -0.25) is 0 Å². The maximum atomic E-state index is 2.40. The van der Waals surface area contributed by atoms with Crippen molar-refractivity contribution in [1.82, 2.24) is 0 Å². The molecule has 1 rings (SSSR count). The van der Waals surface area contributed by atoms with Crippen LogP contribution in [0.1, 0.15) is 25.3 Å². The summed E-state index contributed by atoms with van der Waals surface area (Å²) in [5, 5.41) is 1.59. The Labute approximate surface area is 127 Å². The van der Waals surface area contributed by atoms with Crippen LogP contribution in [0.4, 0.5) is 0 Å². The Morgan fingerprint density at radius 1 is 1.13 bits per heavy atom. The van der Waals surface area contributed by atoms with Gasteiger partial charge in [0.1, 0.15) is 0 Å². The number of rotatable bonds is 2. The fraction of sp³-hybridized carbons (Fsp3) is 0.545. The summed E-state index contributed by atoms with van der Waals surface area (Å²) in [6.45, 7) is 11.7. The molecule has 0 unspecified atom stereocenters. The van der Waals surface area contributed by atoms with E-state index in [9.17, 15) is 0 Å². The molecule has 85 valence electrons. The van der Waals surface area contributed by atoms with Crippen molar-refractivity contribution in [2.24, 2.45) is 0 Å². The summed E-state index contributed by atoms with van der Waals surface area (Å²) in [5.74, 6) is 0.676. The molecule has 4 heteroatoms. The van der Waals surface area contributed by atoms with E-state index in [-0.39, 0.29) is 51.0 Å². The molecule has 0 aliphatic heterocycles. The van der Waals surface area contributed by atoms with Gasteiger partial charge < -0.3 is 24.8 Å². The first-order valence-electron chi connectivity index (χ1n) is 4.68. The van der Waals surface area contributed by atoms with E-state index in [2.05, 4.69) is 51.7 Å². The largest absolute Gasteiger partial charge is 3.00 e. The van der Waals surface area contributed by atoms with Crippen molar-refractivity contribution in [3.63, 3.8) is 0 Å². The Morgan fingerprint density at radius 2 is 1.60 bits per heavy atom. The third-order valence-corrected chi connectivity index (χ3v) is 4.35. The van der Waals surface area contributed by atoms with E-state index in [0.717, 1.165) is 0 Å². The summed E-state index contributed by atoms with van der Waals surface area (Å²) in [7, 11) is -1.06. The van der Waals surface area contributed by atoms with Gasteiger partial charge in [0, 0.05) is 8.07 Å². The van der Waals surface area contributed by atoms with Crippen LogP contribution in [-0.2, 0) is 26.2 Å². The van der Waals surface area contributed by atoms with Gasteiger partial charge in [-0.05, 0) is 5.92 Å². The average molecular weight is 341 g/mol. The van der Waals surface area contributed by atoms with Crippen LogP contribution in [0.25, 0.3) is 0 Å². The molecule has 0 saturated heterocycles. The molecule has 0 atom stereocenters. The summed E-state index contributed by atoms with van der Waals surface area (Å²) < 4.78 is 0. The molecular weight excluding hydrogens is 322 g/mol. The molecule has 0 amide bonds. The molecule has 1 radical (unpaired) electrons. The molecule has 0 nitrogen and oxygen atoms in total. The quantitative estimate of drug-likeness (QED) is 0.399. The molecule has 15 heavy (non-hydrogen) atoms. The van der Waals surface area contributed by atoms with Crippen LogP contribution < -0.4 is 30.0 Å². The van der Waals surface area contributed by atoms with E-state index in [1.807, 2.05) is 0 Å². The van der Waals surface area contributed by atoms with Crippen LogP contribution in [0.3, 0.4) is 0 Å². The van der Waals surface area contributed by atoms with Crippen molar-refractivity contribution >= 4 is 13.3 Å². The summed E-state index contributed by atoms with van der Waals surface area (Å²) in [6, 6.07) is 6.97. The fourth-order valence-corrected chi connectivity index (χ4v) is 2.47. The van der Waals surface area contributed by atoms with E-state index in [1.165, 1.54) is 5.56 Å². The Bertz CT molecular complexity index is 264. The van der Waals surface area contributed by atoms with Crippen LogP contribution in [0, 0.1) is 0 Å². The van der Waals surface area contributed by atoms with Crippen LogP contribution >= 0.6 is 0 Å². The molecule has 0 fully saturated rings.